The molecule has 0 unspecified atom stereocenters. The van der Waals surface area contributed by atoms with Crippen molar-refractivity contribution in [2.45, 2.75) is 45.8 Å². The van der Waals surface area contributed by atoms with Gasteiger partial charge in [0.25, 0.3) is 5.56 Å². The SMILES string of the molecule is C[C@@H](c1ccc(-c2ccn(C)c(=O)c2)cc1)N1CC[C@@H](CC(C)(C)C#N)OC1=O.c1ccccc1. The van der Waals surface area contributed by atoms with Crippen LogP contribution in [0.15, 0.2) is 83.8 Å². The third kappa shape index (κ3) is 7.07. The molecule has 1 aromatic heterocycles. The van der Waals surface area contributed by atoms with Crippen LogP contribution in [0.25, 0.3) is 11.1 Å². The van der Waals surface area contributed by atoms with Crippen molar-refractivity contribution < 1.29 is 9.53 Å². The van der Waals surface area contributed by atoms with Crippen molar-refractivity contribution in [3.63, 3.8) is 0 Å². The predicted octanol–water partition coefficient (Wildman–Crippen LogP) is 5.95. The van der Waals surface area contributed by atoms with Crippen LogP contribution in [0.4, 0.5) is 4.79 Å². The summed E-state index contributed by atoms with van der Waals surface area (Å²) in [6.45, 7) is 6.30. The Bertz CT molecular complexity index is 1180. The fourth-order valence-corrected chi connectivity index (χ4v) is 4.00. The van der Waals surface area contributed by atoms with Gasteiger partial charge in [-0.15, -0.1) is 0 Å². The Kier molecular flexibility index (Phi) is 8.48. The molecule has 1 aliphatic rings. The van der Waals surface area contributed by atoms with Gasteiger partial charge in [-0.3, -0.25) is 4.79 Å². The number of aryl methyl sites for hydroxylation is 1. The lowest BCUT2D eigenvalue weighted by Crippen LogP contribution is -2.44. The fourth-order valence-electron chi connectivity index (χ4n) is 4.00. The monoisotopic (exact) mass is 471 g/mol. The van der Waals surface area contributed by atoms with Crippen molar-refractivity contribution in [2.75, 3.05) is 6.54 Å². The predicted molar refractivity (Wildman–Crippen MR) is 138 cm³/mol. The molecule has 4 rings (SSSR count). The van der Waals surface area contributed by atoms with E-state index < -0.39 is 5.41 Å². The van der Waals surface area contributed by atoms with Crippen LogP contribution in [0, 0.1) is 16.7 Å². The van der Waals surface area contributed by atoms with Crippen LogP contribution in [0.5, 0.6) is 0 Å². The Hall–Kier alpha value is -3.85. The van der Waals surface area contributed by atoms with Crippen molar-refractivity contribution in [2.24, 2.45) is 12.5 Å². The first-order valence-corrected chi connectivity index (χ1v) is 11.9. The molecule has 3 aromatic rings. The van der Waals surface area contributed by atoms with Gasteiger partial charge >= 0.3 is 6.09 Å². The van der Waals surface area contributed by atoms with Crippen LogP contribution in [0.1, 0.15) is 45.2 Å². The molecule has 2 heterocycles. The van der Waals surface area contributed by atoms with Crippen LogP contribution in [-0.4, -0.2) is 28.2 Å². The Morgan fingerprint density at radius 1 is 1.03 bits per heavy atom. The van der Waals surface area contributed by atoms with Crippen molar-refractivity contribution in [3.8, 4) is 17.2 Å². The molecule has 2 atom stereocenters. The number of carbonyl (C=O) groups excluding carboxylic acids is 1. The van der Waals surface area contributed by atoms with Gasteiger partial charge in [-0.2, -0.15) is 5.26 Å². The molecule has 1 aliphatic heterocycles. The average molecular weight is 472 g/mol. The van der Waals surface area contributed by atoms with E-state index in [0.29, 0.717) is 19.4 Å². The largest absolute Gasteiger partial charge is 0.446 e. The molecule has 182 valence electrons. The number of pyridine rings is 1. The van der Waals surface area contributed by atoms with Crippen LogP contribution in [0.3, 0.4) is 0 Å². The van der Waals surface area contributed by atoms with Crippen molar-refractivity contribution in [1.29, 1.82) is 5.26 Å². The van der Waals surface area contributed by atoms with Crippen molar-refractivity contribution >= 4 is 6.09 Å². The van der Waals surface area contributed by atoms with E-state index in [4.69, 9.17) is 4.74 Å². The van der Waals surface area contributed by atoms with Crippen LogP contribution in [0.2, 0.25) is 0 Å². The summed E-state index contributed by atoms with van der Waals surface area (Å²) in [5.74, 6) is 0. The first-order chi connectivity index (χ1) is 16.7. The molecule has 0 radical (unpaired) electrons. The minimum absolute atomic E-state index is 0.0508. The summed E-state index contributed by atoms with van der Waals surface area (Å²) in [4.78, 5) is 26.1. The van der Waals surface area contributed by atoms with Crippen LogP contribution < -0.4 is 5.56 Å². The highest BCUT2D eigenvalue weighted by Crippen LogP contribution is 2.31. The lowest BCUT2D eigenvalue weighted by Gasteiger charge is -2.37. The zero-order valence-electron chi connectivity index (χ0n) is 20.8. The highest BCUT2D eigenvalue weighted by atomic mass is 16.6. The second kappa shape index (κ2) is 11.5. The Morgan fingerprint density at radius 3 is 2.14 bits per heavy atom. The number of cyclic esters (lactones) is 1. The average Bonchev–Trinajstić information content (AvgIpc) is 2.87. The van der Waals surface area contributed by atoms with Gasteiger partial charge in [-0.25, -0.2) is 4.79 Å². The molecule has 0 aliphatic carbocycles. The maximum absolute atomic E-state index is 12.5. The van der Waals surface area contributed by atoms with Gasteiger partial charge in [0.2, 0.25) is 0 Å². The van der Waals surface area contributed by atoms with Gasteiger partial charge in [0.05, 0.1) is 17.5 Å². The second-order valence-electron chi connectivity index (χ2n) is 9.50. The fraction of sp³-hybridized carbons (Fsp3) is 0.345. The number of aromatic nitrogens is 1. The summed E-state index contributed by atoms with van der Waals surface area (Å²) in [5, 5.41) is 9.19. The maximum Gasteiger partial charge on any atom is 0.410 e. The molecule has 6 nitrogen and oxygen atoms in total. The normalized spacial score (nSPS) is 16.4. The van der Waals surface area contributed by atoms with Gasteiger partial charge in [0.1, 0.15) is 6.10 Å². The number of benzene rings is 2. The van der Waals surface area contributed by atoms with Crippen LogP contribution >= 0.6 is 0 Å². The Balaban J connectivity index is 0.000000497. The summed E-state index contributed by atoms with van der Waals surface area (Å²) < 4.78 is 7.13. The molecule has 1 amide bonds. The first kappa shape index (κ1) is 25.8. The lowest BCUT2D eigenvalue weighted by molar-refractivity contribution is 0.000797. The van der Waals surface area contributed by atoms with Crippen molar-refractivity contribution in [1.82, 2.24) is 9.47 Å². The summed E-state index contributed by atoms with van der Waals surface area (Å²) in [7, 11) is 1.72. The van der Waals surface area contributed by atoms with Crippen LogP contribution in [-0.2, 0) is 11.8 Å². The number of nitriles is 1. The number of hydrogen-bond donors (Lipinski definition) is 0. The molecule has 1 saturated heterocycles. The summed E-state index contributed by atoms with van der Waals surface area (Å²) >= 11 is 0. The molecular weight excluding hydrogens is 438 g/mol. The van der Waals surface area contributed by atoms with E-state index in [1.54, 1.807) is 24.2 Å². The topological polar surface area (TPSA) is 75.3 Å². The molecule has 2 aromatic carbocycles. The first-order valence-electron chi connectivity index (χ1n) is 11.9. The summed E-state index contributed by atoms with van der Waals surface area (Å²) in [6, 6.07) is 25.6. The number of nitrogens with zero attached hydrogens (tertiary/aromatic N) is 3. The van der Waals surface area contributed by atoms with Gasteiger partial charge in [-0.05, 0) is 43.5 Å². The standard InChI is InChI=1S/C23H27N3O3.C6H6/c1-16(26-12-10-20(29-22(26)28)14-23(2,3)15-24)17-5-7-18(8-6-17)19-9-11-25(4)21(27)13-19;1-2-4-6-5-3-1/h5-9,11,13,16,20H,10,12,14H2,1-4H3;1-6H/t16-,20-;/m0./s1. The van der Waals surface area contributed by atoms with Gasteiger partial charge in [0.15, 0.2) is 0 Å². The zero-order chi connectivity index (χ0) is 25.4. The van der Waals surface area contributed by atoms with Crippen molar-refractivity contribution in [3.05, 3.63) is 94.9 Å². The number of hydrogen-bond acceptors (Lipinski definition) is 4. The number of amides is 1. The number of carbonyl (C=O) groups is 1. The number of rotatable bonds is 5. The van der Waals surface area contributed by atoms with E-state index in [9.17, 15) is 14.9 Å². The molecule has 0 saturated carbocycles. The minimum Gasteiger partial charge on any atom is -0.446 e. The second-order valence-corrected chi connectivity index (χ2v) is 9.50. The Morgan fingerprint density at radius 2 is 1.63 bits per heavy atom. The smallest absolute Gasteiger partial charge is 0.410 e. The zero-order valence-corrected chi connectivity index (χ0v) is 20.8. The maximum atomic E-state index is 12.5. The van der Waals surface area contributed by atoms with E-state index in [1.165, 1.54) is 4.57 Å². The third-order valence-corrected chi connectivity index (χ3v) is 6.20. The molecule has 35 heavy (non-hydrogen) atoms. The number of ether oxygens (including phenoxy) is 1. The van der Waals surface area contributed by atoms with E-state index in [2.05, 4.69) is 6.07 Å². The molecule has 0 bridgehead atoms. The van der Waals surface area contributed by atoms with Gasteiger partial charge in [0, 0.05) is 38.7 Å². The quantitative estimate of drug-likeness (QED) is 0.461. The highest BCUT2D eigenvalue weighted by Gasteiger charge is 2.34. The van der Waals surface area contributed by atoms with E-state index in [0.717, 1.165) is 16.7 Å². The summed E-state index contributed by atoms with van der Waals surface area (Å²) in [5.41, 5.74) is 2.27. The summed E-state index contributed by atoms with van der Waals surface area (Å²) in [6.07, 6.45) is 2.46. The molecule has 0 spiro atoms. The molecular formula is C29H33N3O3. The van der Waals surface area contributed by atoms with E-state index in [1.807, 2.05) is 87.5 Å². The molecule has 0 N–H and O–H groups in total. The third-order valence-electron chi connectivity index (χ3n) is 6.20. The van der Waals surface area contributed by atoms with Gasteiger partial charge in [-0.1, -0.05) is 60.7 Å². The molecule has 1 fully saturated rings. The molecule has 6 heteroatoms. The van der Waals surface area contributed by atoms with E-state index >= 15 is 0 Å². The van der Waals surface area contributed by atoms with E-state index in [-0.39, 0.29) is 23.8 Å². The lowest BCUT2D eigenvalue weighted by atomic mass is 9.87. The Labute approximate surface area is 207 Å². The van der Waals surface area contributed by atoms with Gasteiger partial charge < -0.3 is 14.2 Å². The minimum atomic E-state index is -0.507. The highest BCUT2D eigenvalue weighted by molar-refractivity contribution is 5.69.